The molecule has 2 fully saturated rings. The van der Waals surface area contributed by atoms with Crippen LogP contribution in [0.4, 0.5) is 15.8 Å². The van der Waals surface area contributed by atoms with Gasteiger partial charge in [0.05, 0.1) is 24.2 Å². The molecule has 0 radical (unpaired) electrons. The van der Waals surface area contributed by atoms with Crippen molar-refractivity contribution in [2.75, 3.05) is 35.6 Å². The number of hydrogen-bond donors (Lipinski definition) is 1. The van der Waals surface area contributed by atoms with E-state index in [2.05, 4.69) is 24.8 Å². The number of rotatable bonds is 8. The highest BCUT2D eigenvalue weighted by atomic mass is 32.2. The summed E-state index contributed by atoms with van der Waals surface area (Å²) < 4.78 is 49.0. The number of para-hydroxylation sites is 1. The zero-order valence-electron chi connectivity index (χ0n) is 19.8. The fourth-order valence-corrected chi connectivity index (χ4v) is 5.16. The lowest BCUT2D eigenvalue weighted by Crippen LogP contribution is -2.34. The van der Waals surface area contributed by atoms with Gasteiger partial charge in [0.25, 0.3) is 5.95 Å². The molecule has 2 aromatic heterocycles. The topological polar surface area (TPSA) is 102 Å². The number of pyridine rings is 1. The Kier molecular flexibility index (Phi) is 6.35. The number of nitrogens with one attached hydrogen (secondary N) is 1. The minimum Gasteiger partial charge on any atom is -0.488 e. The van der Waals surface area contributed by atoms with Gasteiger partial charge < -0.3 is 14.2 Å². The average Bonchev–Trinajstić information content (AvgIpc) is 3.56. The summed E-state index contributed by atoms with van der Waals surface area (Å²) in [5.41, 5.74) is 2.65. The highest BCUT2D eigenvalue weighted by Crippen LogP contribution is 2.41. The molecule has 35 heavy (non-hydrogen) atoms. The highest BCUT2D eigenvalue weighted by Gasteiger charge is 2.28. The first-order valence-electron chi connectivity index (χ1n) is 11.8. The molecule has 1 saturated carbocycles. The van der Waals surface area contributed by atoms with E-state index in [-0.39, 0.29) is 11.7 Å². The Balaban J connectivity index is 1.48. The highest BCUT2D eigenvalue weighted by molar-refractivity contribution is 7.92. The van der Waals surface area contributed by atoms with Crippen molar-refractivity contribution in [3.63, 3.8) is 0 Å². The number of aryl methyl sites for hydroxylation is 1. The molecule has 0 bridgehead atoms. The third-order valence-electron chi connectivity index (χ3n) is 6.54. The number of anilines is 2. The molecule has 1 saturated heterocycles. The molecule has 0 unspecified atom stereocenters. The Hall–Kier alpha value is -3.21. The summed E-state index contributed by atoms with van der Waals surface area (Å²) in [6.45, 7) is 1.87. The van der Waals surface area contributed by atoms with Gasteiger partial charge in [-0.15, -0.1) is 10.2 Å². The van der Waals surface area contributed by atoms with E-state index < -0.39 is 16.0 Å². The summed E-state index contributed by atoms with van der Waals surface area (Å²) in [7, 11) is -1.57. The van der Waals surface area contributed by atoms with Crippen LogP contribution in [0.5, 0.6) is 5.75 Å². The normalized spacial score (nSPS) is 16.9. The first-order valence-corrected chi connectivity index (χ1v) is 13.7. The third-order valence-corrected chi connectivity index (χ3v) is 7.13. The SMILES string of the molecule is Cn1cnnc1C1CCN(c2c(NS(C)(=O)=O)cccc2-c2cnc(F)c(OCC3CC3)c2)CC1. The first-order chi connectivity index (χ1) is 16.8. The van der Waals surface area contributed by atoms with Crippen LogP contribution in [-0.4, -0.2) is 54.1 Å². The molecule has 1 aromatic carbocycles. The Morgan fingerprint density at radius 1 is 1.20 bits per heavy atom. The standard InChI is InChI=1S/C24H29FN6O3S/c1-30-15-27-28-24(30)17-8-10-31(11-9-17)22-19(4-3-5-20(22)29-35(2,32)33)18-12-21(23(25)26-13-18)34-14-16-6-7-16/h3-5,12-13,15-17,29H,6-11,14H2,1-2H3. The van der Waals surface area contributed by atoms with Crippen molar-refractivity contribution in [3.05, 3.63) is 48.6 Å². The van der Waals surface area contributed by atoms with Gasteiger partial charge in [-0.05, 0) is 43.7 Å². The first kappa shape index (κ1) is 23.5. The zero-order chi connectivity index (χ0) is 24.6. The van der Waals surface area contributed by atoms with Gasteiger partial charge in [-0.2, -0.15) is 4.39 Å². The number of nitrogens with zero attached hydrogens (tertiary/aromatic N) is 5. The molecule has 11 heteroatoms. The van der Waals surface area contributed by atoms with Crippen molar-refractivity contribution in [3.8, 4) is 16.9 Å². The van der Waals surface area contributed by atoms with Gasteiger partial charge in [0, 0.05) is 43.4 Å². The van der Waals surface area contributed by atoms with E-state index in [0.29, 0.717) is 36.9 Å². The number of sulfonamides is 1. The van der Waals surface area contributed by atoms with Gasteiger partial charge >= 0.3 is 0 Å². The molecule has 1 aliphatic carbocycles. The molecule has 2 aliphatic rings. The second kappa shape index (κ2) is 9.44. The minimum absolute atomic E-state index is 0.114. The van der Waals surface area contributed by atoms with Crippen LogP contribution in [0.1, 0.15) is 37.4 Å². The Labute approximate surface area is 204 Å². The maximum absolute atomic E-state index is 14.4. The van der Waals surface area contributed by atoms with Gasteiger partial charge in [0.15, 0.2) is 5.75 Å². The largest absolute Gasteiger partial charge is 0.488 e. The van der Waals surface area contributed by atoms with Crippen molar-refractivity contribution in [2.45, 2.75) is 31.6 Å². The molecule has 0 amide bonds. The van der Waals surface area contributed by atoms with E-state index in [1.165, 1.54) is 6.20 Å². The van der Waals surface area contributed by atoms with Gasteiger partial charge in [0.2, 0.25) is 10.0 Å². The van der Waals surface area contributed by atoms with Crippen molar-refractivity contribution >= 4 is 21.4 Å². The third kappa shape index (κ3) is 5.39. The summed E-state index contributed by atoms with van der Waals surface area (Å²) in [6.07, 6.45) is 8.19. The van der Waals surface area contributed by atoms with Crippen LogP contribution in [0.2, 0.25) is 0 Å². The Morgan fingerprint density at radius 2 is 1.97 bits per heavy atom. The van der Waals surface area contributed by atoms with Crippen molar-refractivity contribution < 1.29 is 17.5 Å². The number of hydrogen-bond acceptors (Lipinski definition) is 7. The second-order valence-corrected chi connectivity index (χ2v) is 11.2. The summed E-state index contributed by atoms with van der Waals surface area (Å²) in [4.78, 5) is 6.10. The average molecular weight is 501 g/mol. The van der Waals surface area contributed by atoms with E-state index >= 15 is 0 Å². The number of piperidine rings is 1. The molecule has 3 aromatic rings. The zero-order valence-corrected chi connectivity index (χ0v) is 20.6. The Morgan fingerprint density at radius 3 is 2.63 bits per heavy atom. The molecule has 0 spiro atoms. The van der Waals surface area contributed by atoms with Crippen molar-refractivity contribution in [2.24, 2.45) is 13.0 Å². The molecule has 9 nitrogen and oxygen atoms in total. The predicted octanol–water partition coefficient (Wildman–Crippen LogP) is 3.56. The van der Waals surface area contributed by atoms with Gasteiger partial charge in [-0.1, -0.05) is 12.1 Å². The lowest BCUT2D eigenvalue weighted by molar-refractivity contribution is 0.281. The van der Waals surface area contributed by atoms with Crippen molar-refractivity contribution in [1.82, 2.24) is 19.7 Å². The summed E-state index contributed by atoms with van der Waals surface area (Å²) in [5, 5.41) is 8.27. The van der Waals surface area contributed by atoms with E-state index in [0.717, 1.165) is 49.0 Å². The van der Waals surface area contributed by atoms with Crippen LogP contribution in [-0.2, 0) is 17.1 Å². The maximum Gasteiger partial charge on any atom is 0.255 e. The summed E-state index contributed by atoms with van der Waals surface area (Å²) >= 11 is 0. The van der Waals surface area contributed by atoms with Crippen molar-refractivity contribution in [1.29, 1.82) is 0 Å². The maximum atomic E-state index is 14.4. The number of aromatic nitrogens is 4. The fraction of sp³-hybridized carbons (Fsp3) is 0.458. The molecule has 1 N–H and O–H groups in total. The van der Waals surface area contributed by atoms with Gasteiger partial charge in [-0.3, -0.25) is 4.72 Å². The minimum atomic E-state index is -3.51. The van der Waals surface area contributed by atoms with Gasteiger partial charge in [0.1, 0.15) is 12.2 Å². The summed E-state index contributed by atoms with van der Waals surface area (Å²) in [6, 6.07) is 7.08. The van der Waals surface area contributed by atoms with E-state index in [4.69, 9.17) is 4.74 Å². The summed E-state index contributed by atoms with van der Waals surface area (Å²) in [5.74, 6) is 1.17. The number of halogens is 1. The quantitative estimate of drug-likeness (QED) is 0.472. The molecule has 186 valence electrons. The van der Waals surface area contributed by atoms with E-state index in [1.807, 2.05) is 17.7 Å². The second-order valence-electron chi connectivity index (χ2n) is 9.40. The van der Waals surface area contributed by atoms with Gasteiger partial charge in [-0.25, -0.2) is 13.4 Å². The van der Waals surface area contributed by atoms with Crippen LogP contribution in [0.15, 0.2) is 36.8 Å². The van der Waals surface area contributed by atoms with Crippen LogP contribution >= 0.6 is 0 Å². The molecular weight excluding hydrogens is 471 g/mol. The van der Waals surface area contributed by atoms with Crippen LogP contribution in [0.3, 0.4) is 0 Å². The molecule has 5 rings (SSSR count). The van der Waals surface area contributed by atoms with E-state index in [9.17, 15) is 12.8 Å². The molecular formula is C24H29FN6O3S. The Bertz CT molecular complexity index is 1320. The van der Waals surface area contributed by atoms with E-state index in [1.54, 1.807) is 24.5 Å². The fourth-order valence-electron chi connectivity index (χ4n) is 4.59. The predicted molar refractivity (Wildman–Crippen MR) is 132 cm³/mol. The molecule has 1 aliphatic heterocycles. The molecule has 3 heterocycles. The lowest BCUT2D eigenvalue weighted by atomic mass is 9.94. The lowest BCUT2D eigenvalue weighted by Gasteiger charge is -2.35. The molecule has 0 atom stereocenters. The number of ether oxygens (including phenoxy) is 1. The van der Waals surface area contributed by atoms with Crippen LogP contribution < -0.4 is 14.4 Å². The van der Waals surface area contributed by atoms with Crippen LogP contribution in [0, 0.1) is 11.9 Å². The number of benzene rings is 1. The smallest absolute Gasteiger partial charge is 0.255 e. The monoisotopic (exact) mass is 500 g/mol. The van der Waals surface area contributed by atoms with Crippen LogP contribution in [0.25, 0.3) is 11.1 Å².